The number of benzene rings is 4. The topological polar surface area (TPSA) is 122 Å². The van der Waals surface area contributed by atoms with Crippen LogP contribution in [0.1, 0.15) is 89.2 Å². The second kappa shape index (κ2) is 16.5. The Hall–Kier alpha value is -4.82. The van der Waals surface area contributed by atoms with Crippen molar-refractivity contribution >= 4 is 44.9 Å². The van der Waals surface area contributed by atoms with Gasteiger partial charge in [0, 0.05) is 29.5 Å². The van der Waals surface area contributed by atoms with Crippen LogP contribution in [-0.4, -0.2) is 29.9 Å². The number of carbonyl (C=O) groups excluding carboxylic acids is 2. The number of nitriles is 1. The number of carbonyl (C=O) groups is 2. The zero-order valence-corrected chi connectivity index (χ0v) is 30.4. The highest BCUT2D eigenvalue weighted by Crippen LogP contribution is 2.32. The van der Waals surface area contributed by atoms with Gasteiger partial charge in [-0.05, 0) is 72.9 Å². The van der Waals surface area contributed by atoms with Gasteiger partial charge < -0.3 is 0 Å². The molecule has 0 saturated carbocycles. The molecule has 1 N–H and O–H groups in total. The van der Waals surface area contributed by atoms with Crippen molar-refractivity contribution < 1.29 is 22.4 Å². The first-order valence-electron chi connectivity index (χ1n) is 16.5. The first-order chi connectivity index (χ1) is 24.5. The highest BCUT2D eigenvalue weighted by atomic mass is 35.5. The summed E-state index contributed by atoms with van der Waals surface area (Å²) in [5.41, 5.74) is 2.86. The van der Waals surface area contributed by atoms with Crippen LogP contribution in [-0.2, 0) is 22.9 Å². The predicted molar refractivity (Wildman–Crippen MR) is 197 cm³/mol. The van der Waals surface area contributed by atoms with E-state index in [4.69, 9.17) is 28.3 Å². The summed E-state index contributed by atoms with van der Waals surface area (Å²) in [7, 11) is -4.40. The van der Waals surface area contributed by atoms with E-state index < -0.39 is 21.7 Å². The van der Waals surface area contributed by atoms with Crippen molar-refractivity contribution in [3.05, 3.63) is 134 Å². The van der Waals surface area contributed by atoms with Crippen LogP contribution in [0.4, 0.5) is 4.39 Å². The summed E-state index contributed by atoms with van der Waals surface area (Å²) in [5, 5.41) is 15.5. The first kappa shape index (κ1) is 37.4. The summed E-state index contributed by atoms with van der Waals surface area (Å²) in [4.78, 5) is 25.4. The van der Waals surface area contributed by atoms with Crippen LogP contribution in [0.15, 0.2) is 89.8 Å². The number of unbranched alkanes of at least 4 members (excludes halogenated alkanes) is 2. The second-order valence-electron chi connectivity index (χ2n) is 12.0. The molecule has 51 heavy (non-hydrogen) atoms. The van der Waals surface area contributed by atoms with Gasteiger partial charge in [-0.1, -0.05) is 92.4 Å². The lowest BCUT2D eigenvalue weighted by molar-refractivity contribution is 0.0972. The summed E-state index contributed by atoms with van der Waals surface area (Å²) >= 11 is 12.7. The summed E-state index contributed by atoms with van der Waals surface area (Å²) in [6, 6.07) is 23.5. The largest absolute Gasteiger partial charge is 0.294 e. The number of hydrogen-bond acceptors (Lipinski definition) is 6. The van der Waals surface area contributed by atoms with Crippen LogP contribution >= 0.6 is 23.2 Å². The van der Waals surface area contributed by atoms with E-state index in [0.717, 1.165) is 25.7 Å². The summed E-state index contributed by atoms with van der Waals surface area (Å²) in [6.45, 7) is 4.04. The molecule has 262 valence electrons. The van der Waals surface area contributed by atoms with Crippen LogP contribution in [0, 0.1) is 17.1 Å². The molecule has 1 amide bonds. The molecule has 5 rings (SSSR count). The Balaban J connectivity index is 1.50. The number of amides is 1. The Morgan fingerprint density at radius 2 is 1.65 bits per heavy atom. The highest BCUT2D eigenvalue weighted by molar-refractivity contribution is 7.90. The maximum absolute atomic E-state index is 16.0. The van der Waals surface area contributed by atoms with Crippen molar-refractivity contribution in [1.82, 2.24) is 14.5 Å². The molecule has 12 heteroatoms. The van der Waals surface area contributed by atoms with Crippen molar-refractivity contribution in [3.8, 4) is 22.9 Å². The minimum absolute atomic E-state index is 0.00979. The Bertz CT molecular complexity index is 2260. The number of rotatable bonds is 14. The standard InChI is InChI=1S/C39H35Cl2FN4O4S/c1-3-5-14-34-30(36(24-43)46(44-34)35-23-27(19-20-32(35)41)37(47)15-6-4-2)21-26-18-17-25(22-33(26)42)28-11-8-10-16-38(28)51(49,50)45-39(48)29-12-7-9-13-31(29)40/h7-13,16-20,22-23H,3-6,14-15,21H2,1-2H3,(H,45,48). The Kier molecular flexibility index (Phi) is 12.1. The van der Waals surface area contributed by atoms with E-state index in [0.29, 0.717) is 40.4 Å². The van der Waals surface area contributed by atoms with Gasteiger partial charge in [0.05, 0.1) is 31.9 Å². The lowest BCUT2D eigenvalue weighted by Gasteiger charge is -2.13. The molecule has 4 aromatic carbocycles. The van der Waals surface area contributed by atoms with E-state index in [1.54, 1.807) is 48.5 Å². The fourth-order valence-corrected chi connectivity index (χ4v) is 7.33. The predicted octanol–water partition coefficient (Wildman–Crippen LogP) is 9.28. The van der Waals surface area contributed by atoms with Crippen molar-refractivity contribution in [1.29, 1.82) is 5.26 Å². The van der Waals surface area contributed by atoms with Crippen LogP contribution < -0.4 is 4.72 Å². The van der Waals surface area contributed by atoms with E-state index in [1.807, 2.05) is 13.8 Å². The molecule has 8 nitrogen and oxygen atoms in total. The molecule has 0 aliphatic heterocycles. The number of sulfonamides is 1. The van der Waals surface area contributed by atoms with Gasteiger partial charge in [-0.15, -0.1) is 0 Å². The van der Waals surface area contributed by atoms with E-state index in [9.17, 15) is 23.3 Å². The van der Waals surface area contributed by atoms with E-state index in [2.05, 4.69) is 10.8 Å². The smallest absolute Gasteiger partial charge is 0.266 e. The molecular formula is C39H35Cl2FN4O4S. The lowest BCUT2D eigenvalue weighted by Crippen LogP contribution is -2.31. The number of aryl methyl sites for hydroxylation is 1. The third-order valence-corrected chi connectivity index (χ3v) is 10.5. The van der Waals surface area contributed by atoms with Gasteiger partial charge >= 0.3 is 0 Å². The third kappa shape index (κ3) is 8.39. The number of hydrogen-bond donors (Lipinski definition) is 1. The van der Waals surface area contributed by atoms with Gasteiger partial charge in [0.1, 0.15) is 17.6 Å². The summed E-state index contributed by atoms with van der Waals surface area (Å²) in [5.74, 6) is -1.56. The molecule has 0 spiro atoms. The Morgan fingerprint density at radius 3 is 2.35 bits per heavy atom. The highest BCUT2D eigenvalue weighted by Gasteiger charge is 2.25. The van der Waals surface area contributed by atoms with Gasteiger partial charge in [-0.3, -0.25) is 9.59 Å². The Labute approximate surface area is 306 Å². The number of nitrogens with one attached hydrogen (secondary N) is 1. The number of halogens is 3. The summed E-state index contributed by atoms with van der Waals surface area (Å²) in [6.07, 6.45) is 4.20. The van der Waals surface area contributed by atoms with E-state index in [1.165, 1.54) is 41.1 Å². The normalized spacial score (nSPS) is 11.3. The molecule has 5 aromatic rings. The molecule has 0 saturated heterocycles. The van der Waals surface area contributed by atoms with Gasteiger partial charge in [0.25, 0.3) is 15.9 Å². The molecule has 0 fully saturated rings. The Morgan fingerprint density at radius 1 is 0.922 bits per heavy atom. The average molecular weight is 746 g/mol. The zero-order valence-electron chi connectivity index (χ0n) is 28.0. The van der Waals surface area contributed by atoms with Gasteiger partial charge in [0.2, 0.25) is 0 Å². The minimum Gasteiger partial charge on any atom is -0.294 e. The third-order valence-electron chi connectivity index (χ3n) is 8.45. The fourth-order valence-electron chi connectivity index (χ4n) is 5.71. The van der Waals surface area contributed by atoms with E-state index >= 15 is 4.39 Å². The van der Waals surface area contributed by atoms with Gasteiger partial charge in [-0.25, -0.2) is 22.2 Å². The molecule has 0 radical (unpaired) electrons. The number of Topliss-reactive ketones (excluding diaryl/α,β-unsaturated/α-hetero) is 1. The molecule has 0 aliphatic rings. The maximum atomic E-state index is 16.0. The van der Waals surface area contributed by atoms with Crippen LogP contribution in [0.3, 0.4) is 0 Å². The van der Waals surface area contributed by atoms with Crippen molar-refractivity contribution in [2.24, 2.45) is 0 Å². The van der Waals surface area contributed by atoms with Crippen LogP contribution in [0.2, 0.25) is 10.0 Å². The molecule has 0 atom stereocenters. The maximum Gasteiger partial charge on any atom is 0.266 e. The minimum atomic E-state index is -4.40. The van der Waals surface area contributed by atoms with E-state index in [-0.39, 0.29) is 50.1 Å². The fraction of sp³-hybridized carbons (Fsp3) is 0.231. The number of aromatic nitrogens is 2. The lowest BCUT2D eigenvalue weighted by atomic mass is 9.97. The molecule has 0 bridgehead atoms. The molecule has 0 unspecified atom stereocenters. The van der Waals surface area contributed by atoms with Crippen molar-refractivity contribution in [2.75, 3.05) is 0 Å². The number of nitrogens with zero attached hydrogens (tertiary/aromatic N) is 3. The van der Waals surface area contributed by atoms with Crippen LogP contribution in [0.25, 0.3) is 16.8 Å². The second-order valence-corrected chi connectivity index (χ2v) is 14.5. The molecule has 1 heterocycles. The van der Waals surface area contributed by atoms with Crippen molar-refractivity contribution in [2.45, 2.75) is 63.7 Å². The SMILES string of the molecule is CCCCC(=O)c1ccc(Cl)c(-n2nc(CCCC)c(Cc3ccc(-c4ccccc4S(=O)(=O)NC(=O)c4ccccc4Cl)cc3F)c2C#N)c1. The first-order valence-corrected chi connectivity index (χ1v) is 18.8. The quantitative estimate of drug-likeness (QED) is 0.113. The molecular weight excluding hydrogens is 710 g/mol. The average Bonchev–Trinajstić information content (AvgIpc) is 3.47. The van der Waals surface area contributed by atoms with Gasteiger partial charge in [0.15, 0.2) is 5.78 Å². The van der Waals surface area contributed by atoms with Crippen molar-refractivity contribution in [3.63, 3.8) is 0 Å². The van der Waals surface area contributed by atoms with Gasteiger partial charge in [-0.2, -0.15) is 10.4 Å². The molecule has 1 aromatic heterocycles. The van der Waals surface area contributed by atoms with Crippen LogP contribution in [0.5, 0.6) is 0 Å². The monoisotopic (exact) mass is 744 g/mol. The summed E-state index contributed by atoms with van der Waals surface area (Å²) < 4.78 is 46.3. The number of ketones is 1. The zero-order chi connectivity index (χ0) is 36.7. The molecule has 0 aliphatic carbocycles.